The Morgan fingerprint density at radius 3 is 2.57 bits per heavy atom. The summed E-state index contributed by atoms with van der Waals surface area (Å²) < 4.78 is 26.0. The van der Waals surface area contributed by atoms with Crippen molar-refractivity contribution in [3.8, 4) is 0 Å². The van der Waals surface area contributed by atoms with Gasteiger partial charge < -0.3 is 5.32 Å². The maximum atomic E-state index is 13.1. The Morgan fingerprint density at radius 1 is 1.19 bits per heavy atom. The van der Waals surface area contributed by atoms with E-state index in [2.05, 4.69) is 10.3 Å². The van der Waals surface area contributed by atoms with Gasteiger partial charge in [-0.05, 0) is 48.4 Å². The van der Waals surface area contributed by atoms with E-state index in [1.165, 1.54) is 12.1 Å². The fraction of sp³-hybridized carbons (Fsp3) is 0.125. The van der Waals surface area contributed by atoms with Crippen LogP contribution in [-0.4, -0.2) is 10.9 Å². The number of benzene rings is 1. The van der Waals surface area contributed by atoms with Gasteiger partial charge in [0.2, 0.25) is 5.91 Å². The summed E-state index contributed by atoms with van der Waals surface area (Å²) in [5.41, 5.74) is 1.35. The molecule has 1 atom stereocenters. The average Bonchev–Trinajstić information content (AvgIpc) is 2.49. The fourth-order valence-corrected chi connectivity index (χ4v) is 1.77. The monoisotopic (exact) mass is 288 g/mol. The third-order valence-electron chi connectivity index (χ3n) is 2.94. The number of carbonyl (C=O) groups is 1. The van der Waals surface area contributed by atoms with E-state index in [9.17, 15) is 13.6 Å². The molecule has 2 aromatic rings. The number of carbonyl (C=O) groups excluding carboxylic acids is 1. The van der Waals surface area contributed by atoms with Crippen molar-refractivity contribution >= 4 is 12.0 Å². The van der Waals surface area contributed by atoms with Crippen LogP contribution in [0.1, 0.15) is 24.1 Å². The second kappa shape index (κ2) is 6.74. The van der Waals surface area contributed by atoms with Crippen LogP contribution < -0.4 is 5.32 Å². The number of nitrogens with one attached hydrogen (secondary N) is 1. The summed E-state index contributed by atoms with van der Waals surface area (Å²) >= 11 is 0. The van der Waals surface area contributed by atoms with Gasteiger partial charge in [-0.15, -0.1) is 0 Å². The van der Waals surface area contributed by atoms with E-state index in [0.717, 1.165) is 17.7 Å². The highest BCUT2D eigenvalue weighted by atomic mass is 19.2. The van der Waals surface area contributed by atoms with E-state index in [-0.39, 0.29) is 5.91 Å². The molecule has 5 heteroatoms. The van der Waals surface area contributed by atoms with E-state index in [1.807, 2.05) is 0 Å². The first kappa shape index (κ1) is 14.8. The number of nitrogens with zero attached hydrogens (tertiary/aromatic N) is 1. The van der Waals surface area contributed by atoms with Crippen molar-refractivity contribution in [2.45, 2.75) is 13.0 Å². The van der Waals surface area contributed by atoms with Gasteiger partial charge >= 0.3 is 0 Å². The molecule has 0 aliphatic carbocycles. The molecule has 1 heterocycles. The summed E-state index contributed by atoms with van der Waals surface area (Å²) in [4.78, 5) is 15.6. The Bertz CT molecular complexity index is 657. The lowest BCUT2D eigenvalue weighted by Gasteiger charge is -2.13. The quantitative estimate of drug-likeness (QED) is 0.877. The maximum Gasteiger partial charge on any atom is 0.244 e. The maximum absolute atomic E-state index is 13.1. The van der Waals surface area contributed by atoms with Gasteiger partial charge in [0.1, 0.15) is 0 Å². The first-order chi connectivity index (χ1) is 10.1. The van der Waals surface area contributed by atoms with E-state index >= 15 is 0 Å². The van der Waals surface area contributed by atoms with Crippen LogP contribution in [0.4, 0.5) is 8.78 Å². The number of rotatable bonds is 4. The van der Waals surface area contributed by atoms with Crippen LogP contribution in [0.3, 0.4) is 0 Å². The van der Waals surface area contributed by atoms with Crippen LogP contribution in [0.2, 0.25) is 0 Å². The standard InChI is InChI=1S/C16H14F2N2O/c1-11(13-3-4-14(17)15(18)10-13)20-16(21)5-2-12-6-8-19-9-7-12/h2-11H,1H3,(H,20,21). The Morgan fingerprint density at radius 2 is 1.90 bits per heavy atom. The van der Waals surface area contributed by atoms with Crippen molar-refractivity contribution < 1.29 is 13.6 Å². The molecule has 2 rings (SSSR count). The predicted octanol–water partition coefficient (Wildman–Crippen LogP) is 3.25. The summed E-state index contributed by atoms with van der Waals surface area (Å²) in [6.07, 6.45) is 6.28. The molecule has 0 spiro atoms. The van der Waals surface area contributed by atoms with Crippen LogP contribution in [0.25, 0.3) is 6.08 Å². The van der Waals surface area contributed by atoms with E-state index in [1.54, 1.807) is 37.5 Å². The van der Waals surface area contributed by atoms with Crippen LogP contribution >= 0.6 is 0 Å². The van der Waals surface area contributed by atoms with Gasteiger partial charge in [0, 0.05) is 18.5 Å². The van der Waals surface area contributed by atoms with Crippen molar-refractivity contribution in [2.75, 3.05) is 0 Å². The zero-order valence-corrected chi connectivity index (χ0v) is 11.4. The van der Waals surface area contributed by atoms with Gasteiger partial charge in [0.05, 0.1) is 6.04 Å². The van der Waals surface area contributed by atoms with Gasteiger partial charge in [-0.1, -0.05) is 6.07 Å². The molecule has 1 amide bonds. The molecule has 1 unspecified atom stereocenters. The van der Waals surface area contributed by atoms with Gasteiger partial charge in [-0.2, -0.15) is 0 Å². The smallest absolute Gasteiger partial charge is 0.244 e. The van der Waals surface area contributed by atoms with Crippen molar-refractivity contribution in [2.24, 2.45) is 0 Å². The topological polar surface area (TPSA) is 42.0 Å². The fourth-order valence-electron chi connectivity index (χ4n) is 1.77. The average molecular weight is 288 g/mol. The lowest BCUT2D eigenvalue weighted by Crippen LogP contribution is -2.24. The van der Waals surface area contributed by atoms with Gasteiger partial charge in [-0.25, -0.2) is 8.78 Å². The number of pyridine rings is 1. The molecule has 1 aromatic heterocycles. The predicted molar refractivity (Wildman–Crippen MR) is 76.2 cm³/mol. The van der Waals surface area contributed by atoms with E-state index in [4.69, 9.17) is 0 Å². The molecule has 0 aliphatic heterocycles. The molecule has 21 heavy (non-hydrogen) atoms. The molecule has 0 radical (unpaired) electrons. The Hall–Kier alpha value is -2.56. The molecular formula is C16H14F2N2O. The molecule has 0 saturated carbocycles. The van der Waals surface area contributed by atoms with E-state index < -0.39 is 17.7 Å². The lowest BCUT2D eigenvalue weighted by atomic mass is 10.1. The van der Waals surface area contributed by atoms with Crippen molar-refractivity contribution in [1.29, 1.82) is 0 Å². The number of aromatic nitrogens is 1. The summed E-state index contributed by atoms with van der Waals surface area (Å²) in [6.45, 7) is 1.70. The highest BCUT2D eigenvalue weighted by molar-refractivity contribution is 5.91. The Labute approximate surface area is 121 Å². The minimum Gasteiger partial charge on any atom is -0.346 e. The second-order valence-electron chi connectivity index (χ2n) is 4.52. The first-order valence-corrected chi connectivity index (χ1v) is 6.40. The second-order valence-corrected chi connectivity index (χ2v) is 4.52. The normalized spacial score (nSPS) is 12.3. The number of hydrogen-bond donors (Lipinski definition) is 1. The number of halogens is 2. The molecule has 0 saturated heterocycles. The Balaban J connectivity index is 1.99. The van der Waals surface area contributed by atoms with Crippen molar-refractivity contribution in [3.63, 3.8) is 0 Å². The molecule has 1 aromatic carbocycles. The molecule has 1 N–H and O–H groups in total. The van der Waals surface area contributed by atoms with Gasteiger partial charge in [0.15, 0.2) is 11.6 Å². The van der Waals surface area contributed by atoms with Crippen molar-refractivity contribution in [1.82, 2.24) is 10.3 Å². The molecule has 0 aliphatic rings. The van der Waals surface area contributed by atoms with Crippen LogP contribution in [0.5, 0.6) is 0 Å². The van der Waals surface area contributed by atoms with Crippen LogP contribution in [0, 0.1) is 11.6 Å². The van der Waals surface area contributed by atoms with Crippen LogP contribution in [-0.2, 0) is 4.79 Å². The highest BCUT2D eigenvalue weighted by Gasteiger charge is 2.10. The lowest BCUT2D eigenvalue weighted by molar-refractivity contribution is -0.117. The zero-order chi connectivity index (χ0) is 15.2. The summed E-state index contributed by atoms with van der Waals surface area (Å²) in [6, 6.07) is 6.67. The Kier molecular flexibility index (Phi) is 4.77. The molecule has 108 valence electrons. The third-order valence-corrected chi connectivity index (χ3v) is 2.94. The molecule has 0 fully saturated rings. The van der Waals surface area contributed by atoms with E-state index in [0.29, 0.717) is 5.56 Å². The summed E-state index contributed by atoms with van der Waals surface area (Å²) in [7, 11) is 0. The zero-order valence-electron chi connectivity index (χ0n) is 11.4. The minimum atomic E-state index is -0.930. The summed E-state index contributed by atoms with van der Waals surface area (Å²) in [5, 5.41) is 2.68. The molecule has 3 nitrogen and oxygen atoms in total. The highest BCUT2D eigenvalue weighted by Crippen LogP contribution is 2.15. The van der Waals surface area contributed by atoms with Gasteiger partial charge in [0.25, 0.3) is 0 Å². The SMILES string of the molecule is CC(NC(=O)C=Cc1ccncc1)c1ccc(F)c(F)c1. The first-order valence-electron chi connectivity index (χ1n) is 6.40. The summed E-state index contributed by atoms with van der Waals surface area (Å²) in [5.74, 6) is -2.15. The number of hydrogen-bond acceptors (Lipinski definition) is 2. The van der Waals surface area contributed by atoms with Crippen molar-refractivity contribution in [3.05, 3.63) is 71.6 Å². The minimum absolute atomic E-state index is 0.316. The van der Waals surface area contributed by atoms with Gasteiger partial charge in [-0.3, -0.25) is 9.78 Å². The number of amides is 1. The largest absolute Gasteiger partial charge is 0.346 e. The molecule has 0 bridgehead atoms. The molecular weight excluding hydrogens is 274 g/mol. The third kappa shape index (κ3) is 4.21. The van der Waals surface area contributed by atoms with Crippen LogP contribution in [0.15, 0.2) is 48.8 Å².